The van der Waals surface area contributed by atoms with Gasteiger partial charge >= 0.3 is 0 Å². The van der Waals surface area contributed by atoms with E-state index in [9.17, 15) is 9.59 Å². The quantitative estimate of drug-likeness (QED) is 0.644. The van der Waals surface area contributed by atoms with Crippen molar-refractivity contribution >= 4 is 70.4 Å². The summed E-state index contributed by atoms with van der Waals surface area (Å²) >= 11 is 7.89. The molecule has 8 heteroatoms. The molecule has 90 valence electrons. The molecule has 0 saturated heterocycles. The van der Waals surface area contributed by atoms with Gasteiger partial charge in [0.15, 0.2) is 11.0 Å². The molecule has 4 nitrogen and oxygen atoms in total. The first-order valence-electron chi connectivity index (χ1n) is 4.15. The van der Waals surface area contributed by atoms with Gasteiger partial charge in [0.25, 0.3) is 0 Å². The molecule has 0 saturated carbocycles. The zero-order valence-electron chi connectivity index (χ0n) is 8.60. The summed E-state index contributed by atoms with van der Waals surface area (Å²) in [6.07, 6.45) is 0. The van der Waals surface area contributed by atoms with Crippen molar-refractivity contribution in [2.75, 3.05) is 5.75 Å². The molecule has 2 aliphatic heterocycles. The van der Waals surface area contributed by atoms with Crippen LogP contribution in [0.5, 0.6) is 0 Å². The molecule has 0 amide bonds. The van der Waals surface area contributed by atoms with Gasteiger partial charge in [0, 0.05) is 0 Å². The lowest BCUT2D eigenvalue weighted by Gasteiger charge is -1.89. The first kappa shape index (κ1) is 16.0. The summed E-state index contributed by atoms with van der Waals surface area (Å²) in [6.45, 7) is 3.52. The number of carbonyl (C=O) groups excluding carboxylic acids is 2. The Balaban J connectivity index is 0.000000267. The van der Waals surface area contributed by atoms with Crippen LogP contribution in [0.2, 0.25) is 0 Å². The number of hydrogen-bond acceptors (Lipinski definition) is 6. The van der Waals surface area contributed by atoms with Crippen LogP contribution >= 0.6 is 47.9 Å². The van der Waals surface area contributed by atoms with Crippen molar-refractivity contribution in [1.82, 2.24) is 0 Å². The van der Waals surface area contributed by atoms with E-state index < -0.39 is 0 Å². The molecule has 0 aromatic rings. The van der Waals surface area contributed by atoms with Crippen LogP contribution in [0.4, 0.5) is 0 Å². The highest BCUT2D eigenvalue weighted by Crippen LogP contribution is 2.22. The molecule has 2 heterocycles. The van der Waals surface area contributed by atoms with Gasteiger partial charge in [-0.15, -0.1) is 12.4 Å². The van der Waals surface area contributed by atoms with E-state index in [2.05, 4.69) is 8.80 Å². The Morgan fingerprint density at radius 3 is 2.12 bits per heavy atom. The lowest BCUT2D eigenvalue weighted by atomic mass is 10.3. The fraction of sp³-hybridized carbons (Fsp3) is 0.500. The third kappa shape index (κ3) is 4.45. The first-order chi connectivity index (χ1) is 7.02. The Morgan fingerprint density at radius 1 is 1.38 bits per heavy atom. The lowest BCUT2D eigenvalue weighted by molar-refractivity contribution is -0.112. The van der Waals surface area contributed by atoms with Crippen molar-refractivity contribution in [3.8, 4) is 0 Å². The number of ketones is 2. The van der Waals surface area contributed by atoms with Crippen molar-refractivity contribution in [3.63, 3.8) is 0 Å². The van der Waals surface area contributed by atoms with E-state index in [1.165, 1.54) is 23.9 Å². The van der Waals surface area contributed by atoms with Crippen LogP contribution in [-0.2, 0) is 9.59 Å². The molecule has 0 aliphatic carbocycles. The largest absolute Gasteiger partial charge is 0.292 e. The highest BCUT2D eigenvalue weighted by atomic mass is 35.5. The molecule has 1 atom stereocenters. The normalized spacial score (nSPS) is 23.1. The third-order valence-corrected chi connectivity index (χ3v) is 3.65. The molecule has 2 aliphatic rings. The van der Waals surface area contributed by atoms with Gasteiger partial charge < -0.3 is 0 Å². The maximum atomic E-state index is 10.6. The molecule has 0 radical (unpaired) electrons. The Kier molecular flexibility index (Phi) is 7.30. The topological polar surface area (TPSA) is 58.9 Å². The van der Waals surface area contributed by atoms with E-state index >= 15 is 0 Å². The second-order valence-electron chi connectivity index (χ2n) is 2.87. The Hall–Kier alpha value is -0.0400. The second-order valence-corrected chi connectivity index (χ2v) is 5.06. The zero-order valence-corrected chi connectivity index (χ0v) is 11.8. The maximum Gasteiger partial charge on any atom is 0.207 e. The molecule has 0 fully saturated rings. The minimum absolute atomic E-state index is 0. The Labute approximate surface area is 113 Å². The summed E-state index contributed by atoms with van der Waals surface area (Å²) in [7, 11) is 0. The van der Waals surface area contributed by atoms with E-state index in [0.29, 0.717) is 11.5 Å². The predicted molar refractivity (Wildman–Crippen MR) is 73.2 cm³/mol. The first-order valence-corrected chi connectivity index (χ1v) is 6.31. The van der Waals surface area contributed by atoms with E-state index in [1.807, 2.05) is 0 Å². The second kappa shape index (κ2) is 7.32. The number of rotatable bonds is 0. The fourth-order valence-electron chi connectivity index (χ4n) is 0.729. The zero-order chi connectivity index (χ0) is 11.4. The van der Waals surface area contributed by atoms with Crippen molar-refractivity contribution in [2.24, 2.45) is 8.80 Å². The van der Waals surface area contributed by atoms with Gasteiger partial charge in [-0.25, -0.2) is 4.40 Å². The molecular weight excluding hydrogens is 291 g/mol. The molecular formula is C8H10Cl2N2O2S2. The molecule has 0 aromatic carbocycles. The van der Waals surface area contributed by atoms with E-state index in [-0.39, 0.29) is 34.4 Å². The molecule has 0 aromatic heterocycles. The molecule has 0 N–H and O–H groups in total. The number of Topliss-reactive ketones (excluding diaryl/α,β-unsaturated/α-hetero) is 2. The van der Waals surface area contributed by atoms with Crippen LogP contribution < -0.4 is 0 Å². The summed E-state index contributed by atoms with van der Waals surface area (Å²) in [5.41, 5.74) is 0.657. The van der Waals surface area contributed by atoms with Crippen molar-refractivity contribution in [2.45, 2.75) is 19.1 Å². The van der Waals surface area contributed by atoms with Gasteiger partial charge in [-0.1, -0.05) is 11.6 Å². The van der Waals surface area contributed by atoms with Crippen LogP contribution in [0, 0.1) is 0 Å². The highest BCUT2D eigenvalue weighted by molar-refractivity contribution is 8.00. The molecule has 0 bridgehead atoms. The number of halogens is 2. The van der Waals surface area contributed by atoms with Crippen LogP contribution in [0.15, 0.2) is 8.80 Å². The van der Waals surface area contributed by atoms with Gasteiger partial charge in [0.05, 0.1) is 16.7 Å². The lowest BCUT2D eigenvalue weighted by Crippen LogP contribution is -2.12. The molecule has 0 spiro atoms. The van der Waals surface area contributed by atoms with Crippen LogP contribution in [0.1, 0.15) is 13.8 Å². The Bertz CT molecular complexity index is 358. The SMILES string of the molecule is CC1=NSCC1=O.CC1SN=C(Cl)C1=O.Cl. The van der Waals surface area contributed by atoms with E-state index in [1.54, 1.807) is 13.8 Å². The summed E-state index contributed by atoms with van der Waals surface area (Å²) < 4.78 is 7.45. The van der Waals surface area contributed by atoms with Crippen molar-refractivity contribution in [1.29, 1.82) is 0 Å². The van der Waals surface area contributed by atoms with Crippen LogP contribution in [0.3, 0.4) is 0 Å². The number of hydrogen-bond donors (Lipinski definition) is 0. The minimum Gasteiger partial charge on any atom is -0.292 e. The third-order valence-electron chi connectivity index (χ3n) is 1.66. The smallest absolute Gasteiger partial charge is 0.207 e. The average molecular weight is 301 g/mol. The summed E-state index contributed by atoms with van der Waals surface area (Å²) in [6, 6.07) is 0. The molecule has 2 rings (SSSR count). The van der Waals surface area contributed by atoms with Gasteiger partial charge in [-0.05, 0) is 37.7 Å². The van der Waals surface area contributed by atoms with Gasteiger partial charge in [-0.2, -0.15) is 4.40 Å². The van der Waals surface area contributed by atoms with Gasteiger partial charge in [0.1, 0.15) is 0 Å². The number of carbonyl (C=O) groups is 2. The van der Waals surface area contributed by atoms with E-state index in [4.69, 9.17) is 11.6 Å². The average Bonchev–Trinajstić information content (AvgIpc) is 2.70. The Morgan fingerprint density at radius 2 is 2.00 bits per heavy atom. The standard InChI is InChI=1S/C4H4ClNOS.C4H5NOS.ClH/c1-2-3(7)4(5)6-8-2;1-3-4(6)2-7-5-3;/h2H,1H3;2H2,1H3;1H. The highest BCUT2D eigenvalue weighted by Gasteiger charge is 2.24. The minimum atomic E-state index is -0.0671. The van der Waals surface area contributed by atoms with Gasteiger partial charge in [0.2, 0.25) is 5.78 Å². The summed E-state index contributed by atoms with van der Waals surface area (Å²) in [5, 5.41) is 0.0602. The van der Waals surface area contributed by atoms with Crippen LogP contribution in [-0.4, -0.2) is 33.5 Å². The van der Waals surface area contributed by atoms with Crippen LogP contribution in [0.25, 0.3) is 0 Å². The van der Waals surface area contributed by atoms with E-state index in [0.717, 1.165) is 0 Å². The molecule has 1 unspecified atom stereocenters. The monoisotopic (exact) mass is 300 g/mol. The predicted octanol–water partition coefficient (Wildman–Crippen LogP) is 2.34. The fourth-order valence-corrected chi connectivity index (χ4v) is 2.31. The van der Waals surface area contributed by atoms with Crippen molar-refractivity contribution in [3.05, 3.63) is 0 Å². The van der Waals surface area contributed by atoms with Crippen molar-refractivity contribution < 1.29 is 9.59 Å². The molecule has 16 heavy (non-hydrogen) atoms. The summed E-state index contributed by atoms with van der Waals surface area (Å²) in [4.78, 5) is 21.0. The number of nitrogens with zero attached hydrogens (tertiary/aromatic N) is 2. The maximum absolute atomic E-state index is 10.6. The summed E-state index contributed by atoms with van der Waals surface area (Å²) in [5.74, 6) is 0.660. The van der Waals surface area contributed by atoms with Gasteiger partial charge in [-0.3, -0.25) is 9.59 Å².